The molecule has 9 nitrogen and oxygen atoms in total. The Morgan fingerprint density at radius 1 is 1.08 bits per heavy atom. The number of hydrogen-bond acceptors (Lipinski definition) is 6. The number of carbonyl (C=O) groups excluding carboxylic acids is 3. The van der Waals surface area contributed by atoms with Crippen molar-refractivity contribution in [3.63, 3.8) is 0 Å². The van der Waals surface area contributed by atoms with E-state index in [4.69, 9.17) is 4.74 Å². The van der Waals surface area contributed by atoms with Gasteiger partial charge >= 0.3 is 6.09 Å². The van der Waals surface area contributed by atoms with Crippen molar-refractivity contribution >= 4 is 17.9 Å². The number of ether oxygens (including phenoxy) is 1. The van der Waals surface area contributed by atoms with Crippen molar-refractivity contribution in [1.82, 2.24) is 26.2 Å². The van der Waals surface area contributed by atoms with E-state index in [1.807, 2.05) is 12.1 Å². The van der Waals surface area contributed by atoms with E-state index < -0.39 is 24.4 Å². The van der Waals surface area contributed by atoms with Gasteiger partial charge in [-0.2, -0.15) is 0 Å². The van der Waals surface area contributed by atoms with Gasteiger partial charge in [-0.3, -0.25) is 9.59 Å². The first kappa shape index (κ1) is 26.4. The predicted molar refractivity (Wildman–Crippen MR) is 137 cm³/mol. The van der Waals surface area contributed by atoms with Crippen molar-refractivity contribution in [3.8, 4) is 0 Å². The molecule has 1 saturated heterocycles. The second-order valence-corrected chi connectivity index (χ2v) is 10.3. The Bertz CT molecular complexity index is 919. The lowest BCUT2D eigenvalue weighted by atomic mass is 9.83. The molecule has 1 saturated carbocycles. The molecular weight excluding hydrogens is 458 g/mol. The second kappa shape index (κ2) is 12.5. The largest absolute Gasteiger partial charge is 0.424 e. The predicted octanol–water partition coefficient (Wildman–Crippen LogP) is 2.22. The van der Waals surface area contributed by atoms with Crippen molar-refractivity contribution in [3.05, 3.63) is 35.4 Å². The SMILES string of the molecule is CN[C@@H](C)C(=O)N[C@H](C(=O)N1CCNC[C@@H]1OC(=O)NC1CCCc2ccccc21)C1CCCCC1. The lowest BCUT2D eigenvalue weighted by Gasteiger charge is -2.40. The van der Waals surface area contributed by atoms with Gasteiger partial charge in [-0.05, 0) is 63.1 Å². The highest BCUT2D eigenvalue weighted by Gasteiger charge is 2.39. The molecule has 2 fully saturated rings. The average Bonchev–Trinajstić information content (AvgIpc) is 2.91. The van der Waals surface area contributed by atoms with Gasteiger partial charge < -0.3 is 30.9 Å². The number of carbonyl (C=O) groups is 3. The number of rotatable bonds is 7. The topological polar surface area (TPSA) is 112 Å². The maximum atomic E-state index is 13.8. The van der Waals surface area contributed by atoms with Gasteiger partial charge in [0, 0.05) is 13.1 Å². The number of fused-ring (bicyclic) bond motifs is 1. The molecule has 0 aromatic heterocycles. The first-order valence-electron chi connectivity index (χ1n) is 13.5. The highest BCUT2D eigenvalue weighted by atomic mass is 16.6. The summed E-state index contributed by atoms with van der Waals surface area (Å²) < 4.78 is 5.82. The number of likely N-dealkylation sites (N-methyl/N-ethyl adjacent to an activating group) is 1. The van der Waals surface area contributed by atoms with Gasteiger partial charge in [-0.25, -0.2) is 4.79 Å². The standard InChI is InChI=1S/C27H41N5O4/c1-18(28-2)25(33)31-24(20-10-4-3-5-11-20)26(34)32-16-15-29-17-23(32)36-27(35)30-22-14-8-12-19-9-6-7-13-21(19)22/h6-7,9,13,18,20,22-24,28-29H,3-5,8,10-12,14-17H2,1-2H3,(H,30,35)(H,31,33)/t18-,22?,23-,24-/m0/s1. The number of alkyl carbamates (subject to hydrolysis) is 1. The zero-order valence-corrected chi connectivity index (χ0v) is 21.6. The molecule has 1 aromatic carbocycles. The summed E-state index contributed by atoms with van der Waals surface area (Å²) in [6.07, 6.45) is 6.70. The van der Waals surface area contributed by atoms with E-state index in [2.05, 4.69) is 33.4 Å². The smallest absolute Gasteiger partial charge is 0.409 e. The maximum Gasteiger partial charge on any atom is 0.409 e. The minimum absolute atomic E-state index is 0.0855. The Balaban J connectivity index is 1.44. The summed E-state index contributed by atoms with van der Waals surface area (Å²) >= 11 is 0. The molecule has 1 unspecified atom stereocenters. The molecule has 4 N–H and O–H groups in total. The molecule has 3 aliphatic rings. The monoisotopic (exact) mass is 499 g/mol. The van der Waals surface area contributed by atoms with E-state index in [9.17, 15) is 14.4 Å². The molecule has 9 heteroatoms. The Hall–Kier alpha value is -2.65. The summed E-state index contributed by atoms with van der Waals surface area (Å²) in [5.41, 5.74) is 2.39. The molecule has 36 heavy (non-hydrogen) atoms. The summed E-state index contributed by atoms with van der Waals surface area (Å²) in [6.45, 7) is 3.17. The van der Waals surface area contributed by atoms with Crippen LogP contribution in [0.1, 0.15) is 69.0 Å². The van der Waals surface area contributed by atoms with Crippen molar-refractivity contribution < 1.29 is 19.1 Å². The Labute approximate surface area is 214 Å². The van der Waals surface area contributed by atoms with Crippen molar-refractivity contribution in [2.75, 3.05) is 26.7 Å². The molecule has 3 amide bonds. The van der Waals surface area contributed by atoms with Gasteiger partial charge in [0.15, 0.2) is 6.23 Å². The lowest BCUT2D eigenvalue weighted by molar-refractivity contribution is -0.149. The summed E-state index contributed by atoms with van der Waals surface area (Å²) in [4.78, 5) is 41.2. The summed E-state index contributed by atoms with van der Waals surface area (Å²) in [6, 6.07) is 7.06. The summed E-state index contributed by atoms with van der Waals surface area (Å²) in [7, 11) is 1.73. The van der Waals surface area contributed by atoms with Crippen LogP contribution in [0.2, 0.25) is 0 Å². The normalized spacial score (nSPS) is 24.2. The Morgan fingerprint density at radius 3 is 2.64 bits per heavy atom. The fourth-order valence-corrected chi connectivity index (χ4v) is 5.68. The van der Waals surface area contributed by atoms with Crippen LogP contribution in [0.15, 0.2) is 24.3 Å². The molecule has 1 aliphatic heterocycles. The fourth-order valence-electron chi connectivity index (χ4n) is 5.68. The molecule has 2 aliphatic carbocycles. The average molecular weight is 500 g/mol. The summed E-state index contributed by atoms with van der Waals surface area (Å²) in [5.74, 6) is -0.272. The zero-order chi connectivity index (χ0) is 25.5. The van der Waals surface area contributed by atoms with Crippen LogP contribution in [-0.2, 0) is 20.7 Å². The molecule has 4 rings (SSSR count). The lowest BCUT2D eigenvalue weighted by Crippen LogP contribution is -2.62. The van der Waals surface area contributed by atoms with E-state index in [1.54, 1.807) is 18.9 Å². The molecule has 0 spiro atoms. The van der Waals surface area contributed by atoms with Crippen LogP contribution in [-0.4, -0.2) is 67.8 Å². The highest BCUT2D eigenvalue weighted by molar-refractivity contribution is 5.90. The van der Waals surface area contributed by atoms with Gasteiger partial charge in [-0.15, -0.1) is 0 Å². The van der Waals surface area contributed by atoms with Gasteiger partial charge in [0.2, 0.25) is 11.8 Å². The summed E-state index contributed by atoms with van der Waals surface area (Å²) in [5, 5.41) is 12.2. The van der Waals surface area contributed by atoms with E-state index in [0.29, 0.717) is 19.6 Å². The minimum Gasteiger partial charge on any atom is -0.424 e. The number of nitrogens with zero attached hydrogens (tertiary/aromatic N) is 1. The van der Waals surface area contributed by atoms with Crippen molar-refractivity contribution in [1.29, 1.82) is 0 Å². The van der Waals surface area contributed by atoms with Gasteiger partial charge in [0.25, 0.3) is 0 Å². The molecular formula is C27H41N5O4. The molecule has 1 heterocycles. The van der Waals surface area contributed by atoms with Crippen LogP contribution >= 0.6 is 0 Å². The Kier molecular flexibility index (Phi) is 9.20. The molecule has 0 radical (unpaired) electrons. The first-order valence-corrected chi connectivity index (χ1v) is 13.5. The van der Waals surface area contributed by atoms with E-state index in [-0.39, 0.29) is 23.8 Å². The van der Waals surface area contributed by atoms with Gasteiger partial charge in [0.1, 0.15) is 6.04 Å². The molecule has 4 atom stereocenters. The zero-order valence-electron chi connectivity index (χ0n) is 21.6. The van der Waals surface area contributed by atoms with Crippen LogP contribution < -0.4 is 21.3 Å². The molecule has 198 valence electrons. The number of benzene rings is 1. The highest BCUT2D eigenvalue weighted by Crippen LogP contribution is 2.30. The third-order valence-electron chi connectivity index (χ3n) is 7.90. The fraction of sp³-hybridized carbons (Fsp3) is 0.667. The van der Waals surface area contributed by atoms with Gasteiger partial charge in [-0.1, -0.05) is 43.5 Å². The van der Waals surface area contributed by atoms with Crippen molar-refractivity contribution in [2.45, 2.75) is 82.6 Å². The first-order chi connectivity index (χ1) is 17.5. The number of aryl methyl sites for hydroxylation is 1. The van der Waals surface area contributed by atoms with Crippen LogP contribution in [0.25, 0.3) is 0 Å². The third-order valence-corrected chi connectivity index (χ3v) is 7.90. The minimum atomic E-state index is -0.727. The van der Waals surface area contributed by atoms with E-state index in [1.165, 1.54) is 5.56 Å². The number of hydrogen-bond donors (Lipinski definition) is 4. The van der Waals surface area contributed by atoms with E-state index in [0.717, 1.165) is 56.9 Å². The van der Waals surface area contributed by atoms with Gasteiger partial charge in [0.05, 0.1) is 18.6 Å². The van der Waals surface area contributed by atoms with Crippen LogP contribution in [0.5, 0.6) is 0 Å². The number of nitrogens with one attached hydrogen (secondary N) is 4. The van der Waals surface area contributed by atoms with Crippen LogP contribution in [0, 0.1) is 5.92 Å². The van der Waals surface area contributed by atoms with Crippen molar-refractivity contribution in [2.24, 2.45) is 5.92 Å². The third kappa shape index (κ3) is 6.37. The van der Waals surface area contributed by atoms with Crippen LogP contribution in [0.4, 0.5) is 4.79 Å². The number of piperazine rings is 1. The quantitative estimate of drug-likeness (QED) is 0.458. The Morgan fingerprint density at radius 2 is 1.86 bits per heavy atom. The maximum absolute atomic E-state index is 13.8. The molecule has 1 aromatic rings. The second-order valence-electron chi connectivity index (χ2n) is 10.3. The van der Waals surface area contributed by atoms with E-state index >= 15 is 0 Å². The van der Waals surface area contributed by atoms with Crippen LogP contribution in [0.3, 0.4) is 0 Å². The number of amides is 3. The molecule has 0 bridgehead atoms.